The van der Waals surface area contributed by atoms with Crippen molar-refractivity contribution in [3.8, 4) is 0 Å². The van der Waals surface area contributed by atoms with Gasteiger partial charge in [0.2, 0.25) is 11.7 Å². The predicted molar refractivity (Wildman–Crippen MR) is 223 cm³/mol. The Labute approximate surface area is 350 Å². The van der Waals surface area contributed by atoms with Crippen molar-refractivity contribution in [1.82, 2.24) is 39.3 Å². The van der Waals surface area contributed by atoms with Crippen LogP contribution < -0.4 is 27.2 Å². The first-order valence-electron chi connectivity index (χ1n) is 20.4. The van der Waals surface area contributed by atoms with E-state index in [2.05, 4.69) is 30.8 Å². The number of aliphatic hydroxyl groups excluding tert-OH is 1. The Bertz CT molecular complexity index is 2510. The quantitative estimate of drug-likeness (QED) is 0.173. The number of aromatic nitrogens is 3. The molecular weight excluding hydrogens is 785 g/mol. The second-order valence-corrected chi connectivity index (χ2v) is 16.3. The van der Waals surface area contributed by atoms with E-state index in [1.54, 1.807) is 24.3 Å². The summed E-state index contributed by atoms with van der Waals surface area (Å²) in [7, 11) is 4.97. The van der Waals surface area contributed by atoms with Gasteiger partial charge in [0.1, 0.15) is 6.23 Å². The molecule has 2 unspecified atom stereocenters. The second-order valence-electron chi connectivity index (χ2n) is 16.3. The van der Waals surface area contributed by atoms with Crippen LogP contribution in [0.2, 0.25) is 0 Å². The average molecular weight is 833 g/mol. The molecular formula is C43H48N10O8. The fourth-order valence-corrected chi connectivity index (χ4v) is 8.80. The number of nitrogens with zero attached hydrogens (tertiary/aromatic N) is 7. The van der Waals surface area contributed by atoms with Gasteiger partial charge in [-0.3, -0.25) is 43.1 Å². The zero-order chi connectivity index (χ0) is 43.1. The van der Waals surface area contributed by atoms with Crippen molar-refractivity contribution in [3.63, 3.8) is 0 Å². The fraction of sp³-hybridized carbons (Fsp3) is 0.395. The molecule has 8 rings (SSSR count). The number of aryl methyl sites for hydroxylation is 1. The summed E-state index contributed by atoms with van der Waals surface area (Å²) in [6, 6.07) is 18.5. The van der Waals surface area contributed by atoms with Crippen LogP contribution in [0.15, 0.2) is 76.3 Å². The number of piperazine rings is 1. The summed E-state index contributed by atoms with van der Waals surface area (Å²) >= 11 is 0. The van der Waals surface area contributed by atoms with Crippen molar-refractivity contribution in [2.24, 2.45) is 14.1 Å². The lowest BCUT2D eigenvalue weighted by atomic mass is 9.88. The number of benzene rings is 3. The van der Waals surface area contributed by atoms with Crippen LogP contribution in [-0.4, -0.2) is 133 Å². The molecule has 0 radical (unpaired) electrons. The number of nitrogens with one attached hydrogen (secondary N) is 3. The van der Waals surface area contributed by atoms with E-state index in [9.17, 15) is 38.7 Å². The van der Waals surface area contributed by atoms with Gasteiger partial charge in [0, 0.05) is 83.5 Å². The number of likely N-dealkylation sites (N-methyl/N-ethyl adjacent to an activating group) is 1. The van der Waals surface area contributed by atoms with Crippen LogP contribution in [0.1, 0.15) is 77.7 Å². The molecule has 3 saturated heterocycles. The lowest BCUT2D eigenvalue weighted by molar-refractivity contribution is -0.129. The van der Waals surface area contributed by atoms with Gasteiger partial charge < -0.3 is 30.9 Å². The van der Waals surface area contributed by atoms with E-state index in [1.807, 2.05) is 48.3 Å². The molecule has 4 aliphatic heterocycles. The number of piperidine rings is 2. The Balaban J connectivity index is 0.825. The Morgan fingerprint density at radius 3 is 2.26 bits per heavy atom. The highest BCUT2D eigenvalue weighted by Crippen LogP contribution is 2.33. The summed E-state index contributed by atoms with van der Waals surface area (Å²) in [6.07, 6.45) is -0.440. The van der Waals surface area contributed by atoms with Gasteiger partial charge >= 0.3 is 5.69 Å². The number of aliphatic hydroxyl groups is 1. The minimum atomic E-state index is -1.38. The first kappa shape index (κ1) is 41.2. The molecule has 4 atom stereocenters. The van der Waals surface area contributed by atoms with Crippen LogP contribution in [0.3, 0.4) is 0 Å². The lowest BCUT2D eigenvalue weighted by Gasteiger charge is -2.36. The molecule has 4 aromatic rings. The monoisotopic (exact) mass is 832 g/mol. The van der Waals surface area contributed by atoms with Gasteiger partial charge in [-0.2, -0.15) is 0 Å². The highest BCUT2D eigenvalue weighted by Gasteiger charge is 2.45. The largest absolute Gasteiger partial charge is 0.372 e. The van der Waals surface area contributed by atoms with Gasteiger partial charge in [-0.25, -0.2) is 9.48 Å². The maximum Gasteiger partial charge on any atom is 0.346 e. The van der Waals surface area contributed by atoms with Gasteiger partial charge in [0.25, 0.3) is 29.2 Å². The first-order chi connectivity index (χ1) is 29.2. The summed E-state index contributed by atoms with van der Waals surface area (Å²) in [6.45, 7) is 4.64. The van der Waals surface area contributed by atoms with Crippen LogP contribution in [0, 0.1) is 0 Å². The molecule has 5 heterocycles. The topological polar surface area (TPSA) is 212 Å². The van der Waals surface area contributed by atoms with Crippen molar-refractivity contribution in [2.45, 2.75) is 50.0 Å². The van der Waals surface area contributed by atoms with Crippen molar-refractivity contribution in [1.29, 1.82) is 0 Å². The SMILES string of the molecule is CN1C[C@@H](Nc2nn(C)c(=O)n(C)c2=O)C[C@@H](c2ccc(C(=O)N3CCN(Cc4ccc(C(=O)Nc5cccc6c5C(=O)N(C5CCC(=O)NC5O)C6=O)cc4)CC3)cc2)C1. The van der Waals surface area contributed by atoms with E-state index in [1.165, 1.54) is 20.2 Å². The maximum atomic E-state index is 13.5. The first-order valence-corrected chi connectivity index (χ1v) is 20.4. The molecule has 0 bridgehead atoms. The van der Waals surface area contributed by atoms with Crippen LogP contribution in [0.4, 0.5) is 11.5 Å². The van der Waals surface area contributed by atoms with Crippen molar-refractivity contribution >= 4 is 41.0 Å². The number of hydrogen-bond acceptors (Lipinski definition) is 12. The van der Waals surface area contributed by atoms with Crippen LogP contribution in [-0.2, 0) is 25.4 Å². The molecule has 1 aromatic heterocycles. The lowest BCUT2D eigenvalue weighted by Crippen LogP contribution is -2.57. The summed E-state index contributed by atoms with van der Waals surface area (Å²) < 4.78 is 2.19. The smallest absolute Gasteiger partial charge is 0.346 e. The highest BCUT2D eigenvalue weighted by molar-refractivity contribution is 6.25. The number of carbonyl (C=O) groups is 5. The minimum absolute atomic E-state index is 0.0265. The second kappa shape index (κ2) is 16.9. The maximum absolute atomic E-state index is 13.5. The number of fused-ring (bicyclic) bond motifs is 1. The zero-order valence-electron chi connectivity index (χ0n) is 34.2. The summed E-state index contributed by atoms with van der Waals surface area (Å²) in [4.78, 5) is 97.3. The molecule has 0 saturated carbocycles. The van der Waals surface area contributed by atoms with E-state index in [0.717, 1.165) is 38.2 Å². The minimum Gasteiger partial charge on any atom is -0.372 e. The Hall–Kier alpha value is -6.50. The van der Waals surface area contributed by atoms with Gasteiger partial charge in [0.05, 0.1) is 22.9 Å². The van der Waals surface area contributed by atoms with Gasteiger partial charge in [-0.1, -0.05) is 30.3 Å². The normalized spacial score (nSPS) is 22.2. The molecule has 61 heavy (non-hydrogen) atoms. The molecule has 5 amide bonds. The van der Waals surface area contributed by atoms with Gasteiger partial charge in [-0.15, -0.1) is 5.10 Å². The van der Waals surface area contributed by atoms with Crippen LogP contribution >= 0.6 is 0 Å². The number of likely N-dealkylation sites (tertiary alicyclic amines) is 1. The molecule has 0 spiro atoms. The van der Waals surface area contributed by atoms with Crippen LogP contribution in [0.25, 0.3) is 0 Å². The molecule has 318 valence electrons. The standard InChI is InChI=1S/C43H48N10O8/c1-48-23-29(21-30(24-48)44-36-42(60)49(2)43(61)50(3)47-36)26-11-13-28(14-12-26)39(57)52-19-17-51(18-20-52)22-25-7-9-27(10-8-25)37(55)45-32-6-4-5-31-35(32)41(59)53(40(31)58)33-15-16-34(54)46-38(33)56/h4-14,29-30,33,38,56H,15-24H2,1-3H3,(H,44,47)(H,45,55)(H,46,54)/t29-,30+,33?,38?/m1/s1. The van der Waals surface area contributed by atoms with Crippen molar-refractivity contribution < 1.29 is 29.1 Å². The summed E-state index contributed by atoms with van der Waals surface area (Å²) in [5.41, 5.74) is 2.45. The summed E-state index contributed by atoms with van der Waals surface area (Å²) in [5.74, 6) is -1.79. The van der Waals surface area contributed by atoms with Gasteiger partial charge in [0.15, 0.2) is 0 Å². The number of imide groups is 1. The van der Waals surface area contributed by atoms with Gasteiger partial charge in [-0.05, 0) is 73.3 Å². The third-order valence-electron chi connectivity index (χ3n) is 12.1. The third kappa shape index (κ3) is 8.33. The third-order valence-corrected chi connectivity index (χ3v) is 12.1. The predicted octanol–water partition coefficient (Wildman–Crippen LogP) is 0.782. The molecule has 0 aliphatic carbocycles. The molecule has 18 nitrogen and oxygen atoms in total. The van der Waals surface area contributed by atoms with E-state index in [4.69, 9.17) is 0 Å². The number of rotatable bonds is 9. The average Bonchev–Trinajstić information content (AvgIpc) is 3.51. The highest BCUT2D eigenvalue weighted by atomic mass is 16.3. The van der Waals surface area contributed by atoms with E-state index < -0.39 is 41.2 Å². The van der Waals surface area contributed by atoms with E-state index >= 15 is 0 Å². The number of carbonyl (C=O) groups excluding carboxylic acids is 5. The zero-order valence-corrected chi connectivity index (χ0v) is 34.2. The molecule has 4 N–H and O–H groups in total. The van der Waals surface area contributed by atoms with Crippen LogP contribution in [0.5, 0.6) is 0 Å². The Kier molecular flexibility index (Phi) is 11.4. The van der Waals surface area contributed by atoms with Crippen molar-refractivity contribution in [3.05, 3.63) is 121 Å². The Morgan fingerprint density at radius 2 is 1.56 bits per heavy atom. The summed E-state index contributed by atoms with van der Waals surface area (Å²) in [5, 5.41) is 23.0. The number of amides is 5. The van der Waals surface area contributed by atoms with E-state index in [0.29, 0.717) is 50.4 Å². The molecule has 3 aromatic carbocycles. The van der Waals surface area contributed by atoms with Crippen molar-refractivity contribution in [2.75, 3.05) is 56.9 Å². The fourth-order valence-electron chi connectivity index (χ4n) is 8.80. The number of anilines is 2. The molecule has 4 aliphatic rings. The Morgan fingerprint density at radius 1 is 0.852 bits per heavy atom. The van der Waals surface area contributed by atoms with E-state index in [-0.39, 0.29) is 59.2 Å². The molecule has 3 fully saturated rings. The number of hydrogen-bond donors (Lipinski definition) is 4. The molecule has 18 heteroatoms.